The van der Waals surface area contributed by atoms with Crippen LogP contribution in [0, 0.1) is 3.57 Å². The third-order valence-corrected chi connectivity index (χ3v) is 4.36. The molecule has 2 amide bonds. The van der Waals surface area contributed by atoms with Crippen molar-refractivity contribution in [2.45, 2.75) is 37.6 Å². The Morgan fingerprint density at radius 1 is 1.11 bits per heavy atom. The SMILES string of the molecule is NC(=O)C1(NC(=O)c2ccc(I)cc2)CCCCC1. The molecule has 1 aromatic carbocycles. The predicted molar refractivity (Wildman–Crippen MR) is 81.6 cm³/mol. The van der Waals surface area contributed by atoms with Crippen molar-refractivity contribution >= 4 is 34.4 Å². The van der Waals surface area contributed by atoms with E-state index < -0.39 is 11.4 Å². The van der Waals surface area contributed by atoms with Crippen molar-refractivity contribution < 1.29 is 9.59 Å². The van der Waals surface area contributed by atoms with Crippen LogP contribution in [0.5, 0.6) is 0 Å². The lowest BCUT2D eigenvalue weighted by Gasteiger charge is -2.35. The van der Waals surface area contributed by atoms with Gasteiger partial charge in [-0.2, -0.15) is 0 Å². The fourth-order valence-electron chi connectivity index (χ4n) is 2.48. The van der Waals surface area contributed by atoms with Crippen molar-refractivity contribution in [3.05, 3.63) is 33.4 Å². The van der Waals surface area contributed by atoms with Crippen LogP contribution >= 0.6 is 22.6 Å². The molecule has 102 valence electrons. The van der Waals surface area contributed by atoms with Crippen LogP contribution in [0.15, 0.2) is 24.3 Å². The lowest BCUT2D eigenvalue weighted by molar-refractivity contribution is -0.125. The number of hydrogen-bond donors (Lipinski definition) is 2. The number of benzene rings is 1. The maximum Gasteiger partial charge on any atom is 0.252 e. The Kier molecular flexibility index (Phi) is 4.44. The second-order valence-electron chi connectivity index (χ2n) is 4.97. The molecule has 1 aliphatic carbocycles. The highest BCUT2D eigenvalue weighted by Gasteiger charge is 2.39. The van der Waals surface area contributed by atoms with Crippen LogP contribution in [0.4, 0.5) is 0 Å². The Morgan fingerprint density at radius 2 is 1.68 bits per heavy atom. The summed E-state index contributed by atoms with van der Waals surface area (Å²) >= 11 is 2.18. The molecule has 0 unspecified atom stereocenters. The fraction of sp³-hybridized carbons (Fsp3) is 0.429. The van der Waals surface area contributed by atoms with E-state index >= 15 is 0 Å². The molecule has 0 bridgehead atoms. The van der Waals surface area contributed by atoms with Crippen LogP contribution in [0.25, 0.3) is 0 Å². The van der Waals surface area contributed by atoms with E-state index in [1.807, 2.05) is 12.1 Å². The van der Waals surface area contributed by atoms with Crippen LogP contribution in [-0.4, -0.2) is 17.4 Å². The summed E-state index contributed by atoms with van der Waals surface area (Å²) in [6.45, 7) is 0. The molecule has 0 aliphatic heterocycles. The minimum Gasteiger partial charge on any atom is -0.368 e. The zero-order valence-electron chi connectivity index (χ0n) is 10.6. The number of nitrogens with one attached hydrogen (secondary N) is 1. The summed E-state index contributed by atoms with van der Waals surface area (Å²) in [5, 5.41) is 2.85. The number of rotatable bonds is 3. The van der Waals surface area contributed by atoms with E-state index in [1.54, 1.807) is 12.1 Å². The van der Waals surface area contributed by atoms with E-state index in [1.165, 1.54) is 0 Å². The molecule has 19 heavy (non-hydrogen) atoms. The highest BCUT2D eigenvalue weighted by molar-refractivity contribution is 14.1. The minimum atomic E-state index is -0.863. The molecule has 5 heteroatoms. The normalized spacial score (nSPS) is 17.7. The van der Waals surface area contributed by atoms with Crippen molar-refractivity contribution in [3.8, 4) is 0 Å². The average molecular weight is 372 g/mol. The van der Waals surface area contributed by atoms with E-state index in [0.29, 0.717) is 18.4 Å². The number of carbonyl (C=O) groups is 2. The summed E-state index contributed by atoms with van der Waals surface area (Å²) in [4.78, 5) is 23.9. The molecular formula is C14H17IN2O2. The molecule has 1 aromatic rings. The number of halogens is 1. The van der Waals surface area contributed by atoms with Crippen molar-refractivity contribution in [2.75, 3.05) is 0 Å². The Bertz CT molecular complexity index is 479. The summed E-state index contributed by atoms with van der Waals surface area (Å²) < 4.78 is 1.07. The molecule has 4 nitrogen and oxygen atoms in total. The summed E-state index contributed by atoms with van der Waals surface area (Å²) in [5.74, 6) is -0.650. The standard InChI is InChI=1S/C14H17IN2O2/c15-11-6-4-10(5-7-11)12(18)17-14(13(16)19)8-2-1-3-9-14/h4-7H,1-3,8-9H2,(H2,16,19)(H,17,18). The number of carbonyl (C=O) groups excluding carboxylic acids is 2. The summed E-state index contributed by atoms with van der Waals surface area (Å²) in [7, 11) is 0. The highest BCUT2D eigenvalue weighted by Crippen LogP contribution is 2.28. The minimum absolute atomic E-state index is 0.225. The molecule has 2 rings (SSSR count). The van der Waals surface area contributed by atoms with E-state index in [-0.39, 0.29) is 5.91 Å². The molecule has 1 saturated carbocycles. The van der Waals surface area contributed by atoms with Gasteiger partial charge in [-0.1, -0.05) is 19.3 Å². The van der Waals surface area contributed by atoms with Crippen LogP contribution in [0.2, 0.25) is 0 Å². The summed E-state index contributed by atoms with van der Waals surface area (Å²) in [5.41, 5.74) is 5.20. The number of nitrogens with two attached hydrogens (primary N) is 1. The second-order valence-corrected chi connectivity index (χ2v) is 6.21. The van der Waals surface area contributed by atoms with Gasteiger partial charge >= 0.3 is 0 Å². The fourth-order valence-corrected chi connectivity index (χ4v) is 2.84. The van der Waals surface area contributed by atoms with E-state index in [9.17, 15) is 9.59 Å². The molecule has 0 aromatic heterocycles. The zero-order valence-corrected chi connectivity index (χ0v) is 12.8. The molecule has 3 N–H and O–H groups in total. The van der Waals surface area contributed by atoms with Crippen LogP contribution < -0.4 is 11.1 Å². The Hall–Kier alpha value is -1.11. The first-order chi connectivity index (χ1) is 9.03. The maximum atomic E-state index is 12.2. The average Bonchev–Trinajstić information content (AvgIpc) is 2.40. The van der Waals surface area contributed by atoms with Gasteiger partial charge in [0.2, 0.25) is 5.91 Å². The van der Waals surface area contributed by atoms with Gasteiger partial charge in [-0.3, -0.25) is 9.59 Å². The van der Waals surface area contributed by atoms with E-state index in [4.69, 9.17) is 5.73 Å². The molecule has 0 spiro atoms. The molecular weight excluding hydrogens is 355 g/mol. The van der Waals surface area contributed by atoms with Gasteiger partial charge in [0.05, 0.1) is 0 Å². The Morgan fingerprint density at radius 3 is 2.21 bits per heavy atom. The lowest BCUT2D eigenvalue weighted by Crippen LogP contribution is -2.58. The quantitative estimate of drug-likeness (QED) is 0.799. The van der Waals surface area contributed by atoms with Gasteiger partial charge in [-0.25, -0.2) is 0 Å². The molecule has 0 heterocycles. The highest BCUT2D eigenvalue weighted by atomic mass is 127. The second kappa shape index (κ2) is 5.90. The van der Waals surface area contributed by atoms with Crippen LogP contribution in [-0.2, 0) is 4.79 Å². The first-order valence-corrected chi connectivity index (χ1v) is 7.49. The predicted octanol–water partition coefficient (Wildman–Crippen LogP) is 2.21. The summed E-state index contributed by atoms with van der Waals surface area (Å²) in [6.07, 6.45) is 4.22. The zero-order chi connectivity index (χ0) is 13.9. The van der Waals surface area contributed by atoms with Gasteiger partial charge in [0.1, 0.15) is 5.54 Å². The number of primary amides is 1. The summed E-state index contributed by atoms with van der Waals surface area (Å²) in [6, 6.07) is 7.25. The third kappa shape index (κ3) is 3.26. The Labute approximate surface area is 126 Å². The van der Waals surface area contributed by atoms with Crippen molar-refractivity contribution in [1.82, 2.24) is 5.32 Å². The van der Waals surface area contributed by atoms with Gasteiger partial charge in [-0.05, 0) is 59.7 Å². The van der Waals surface area contributed by atoms with Crippen molar-refractivity contribution in [2.24, 2.45) is 5.73 Å². The van der Waals surface area contributed by atoms with Gasteiger partial charge < -0.3 is 11.1 Å². The number of hydrogen-bond acceptors (Lipinski definition) is 2. The van der Waals surface area contributed by atoms with Crippen molar-refractivity contribution in [3.63, 3.8) is 0 Å². The molecule has 1 aliphatic rings. The topological polar surface area (TPSA) is 72.2 Å². The van der Waals surface area contributed by atoms with Crippen molar-refractivity contribution in [1.29, 1.82) is 0 Å². The largest absolute Gasteiger partial charge is 0.368 e. The third-order valence-electron chi connectivity index (χ3n) is 3.64. The smallest absolute Gasteiger partial charge is 0.252 e. The van der Waals surface area contributed by atoms with Gasteiger partial charge in [-0.15, -0.1) is 0 Å². The molecule has 0 atom stereocenters. The maximum absolute atomic E-state index is 12.2. The first kappa shape index (κ1) is 14.3. The van der Waals surface area contributed by atoms with Gasteiger partial charge in [0.15, 0.2) is 0 Å². The molecule has 0 saturated heterocycles. The van der Waals surface area contributed by atoms with E-state index in [2.05, 4.69) is 27.9 Å². The molecule has 1 fully saturated rings. The van der Waals surface area contributed by atoms with E-state index in [0.717, 1.165) is 22.8 Å². The molecule has 0 radical (unpaired) electrons. The Balaban J connectivity index is 2.15. The first-order valence-electron chi connectivity index (χ1n) is 6.41. The monoisotopic (exact) mass is 372 g/mol. The van der Waals surface area contributed by atoms with Gasteiger partial charge in [0.25, 0.3) is 5.91 Å². The van der Waals surface area contributed by atoms with Gasteiger partial charge in [0, 0.05) is 9.13 Å². The number of amides is 2. The lowest BCUT2D eigenvalue weighted by atomic mass is 9.81. The van der Waals surface area contributed by atoms with Crippen LogP contribution in [0.3, 0.4) is 0 Å². The van der Waals surface area contributed by atoms with Crippen LogP contribution in [0.1, 0.15) is 42.5 Å².